The molecule has 0 atom stereocenters. The van der Waals surface area contributed by atoms with Gasteiger partial charge in [0.15, 0.2) is 12.4 Å². The highest BCUT2D eigenvalue weighted by Gasteiger charge is 2.25. The maximum atomic E-state index is 11.1. The molecule has 3 aliphatic rings. The number of anilines is 4. The van der Waals surface area contributed by atoms with E-state index in [-0.39, 0.29) is 29.7 Å². The largest absolute Gasteiger partial charge is 0.506 e. The van der Waals surface area contributed by atoms with E-state index in [0.717, 1.165) is 96.8 Å². The number of fused-ring (bicyclic) bond motifs is 3. The number of carboxylic acid groups (broad SMARTS) is 1. The number of nitro groups is 2. The van der Waals surface area contributed by atoms with Crippen LogP contribution in [0.1, 0.15) is 65.2 Å². The second-order valence-corrected chi connectivity index (χ2v) is 18.4. The fourth-order valence-electron chi connectivity index (χ4n) is 7.45. The number of aryl methyl sites for hydroxylation is 8. The number of aromatic carboxylic acids is 1. The van der Waals surface area contributed by atoms with Crippen LogP contribution in [0.3, 0.4) is 0 Å². The van der Waals surface area contributed by atoms with Crippen molar-refractivity contribution < 1.29 is 68.4 Å². The normalized spacial score (nSPS) is 11.7. The number of alkyl halides is 2. The number of likely N-dealkylation sites (N-methyl/N-ethyl adjacent to an activating group) is 1. The van der Waals surface area contributed by atoms with Gasteiger partial charge in [-0.3, -0.25) is 29.8 Å². The molecule has 3 heterocycles. The Morgan fingerprint density at radius 1 is 0.695 bits per heavy atom. The average Bonchev–Trinajstić information content (AvgIpc) is 3.45. The highest BCUT2D eigenvalue weighted by Crippen LogP contribution is 2.38. The summed E-state index contributed by atoms with van der Waals surface area (Å²) in [7, 11) is 3.24. The van der Waals surface area contributed by atoms with Crippen molar-refractivity contribution in [3.63, 3.8) is 0 Å². The molecule has 8 N–H and O–H groups in total. The molecule has 0 bridgehead atoms. The van der Waals surface area contributed by atoms with Crippen molar-refractivity contribution in [3.05, 3.63) is 161 Å². The number of hydrogen-bond donors (Lipinski definition) is 7. The van der Waals surface area contributed by atoms with Gasteiger partial charge in [-0.15, -0.1) is 11.6 Å². The van der Waals surface area contributed by atoms with Crippen molar-refractivity contribution in [1.29, 1.82) is 0 Å². The number of nitro benzene ring substituents is 2. The lowest BCUT2D eigenvalue weighted by molar-refractivity contribution is -0.386. The molecule has 6 aromatic carbocycles. The quantitative estimate of drug-likeness (QED) is 0.0123. The van der Waals surface area contributed by atoms with Gasteiger partial charge in [0.2, 0.25) is 11.0 Å². The molecule has 0 saturated heterocycles. The van der Waals surface area contributed by atoms with E-state index in [1.165, 1.54) is 51.8 Å². The Bertz CT molecular complexity index is 3180. The molecule has 442 valence electrons. The number of nitrogens with one attached hydrogen (secondary N) is 2. The highest BCUT2D eigenvalue weighted by atomic mass is 127. The third-order valence-electron chi connectivity index (χ3n) is 11.8. The Morgan fingerprint density at radius 2 is 1.18 bits per heavy atom. The van der Waals surface area contributed by atoms with Crippen LogP contribution >= 0.6 is 45.8 Å². The van der Waals surface area contributed by atoms with Crippen molar-refractivity contribution in [3.8, 4) is 34.5 Å². The number of hydrogen-bond acceptors (Lipinski definition) is 18. The first-order valence-electron chi connectivity index (χ1n) is 24.5. The van der Waals surface area contributed by atoms with Crippen LogP contribution in [0.5, 0.6) is 34.5 Å². The molecule has 0 spiro atoms. The number of halogens is 3. The number of benzene rings is 6. The number of carbonyl (C=O) groups is 4. The number of ether oxygens (including phenoxy) is 4. The number of phenolic OH excluding ortho intramolecular Hbond substituents is 3. The molecular formula is C57H67Cl2IN6O16. The minimum Gasteiger partial charge on any atom is -0.506 e. The number of rotatable bonds is 5. The number of carboxylic acids is 1. The first-order chi connectivity index (χ1) is 38.7. The van der Waals surface area contributed by atoms with Crippen molar-refractivity contribution in [2.45, 2.75) is 55.4 Å². The summed E-state index contributed by atoms with van der Waals surface area (Å²) in [6, 6.07) is 23.2. The Hall–Kier alpha value is -8.29. The first kappa shape index (κ1) is 69.8. The number of nitrogen functional groups attached to an aromatic ring is 1. The monoisotopic (exact) mass is 1290 g/mol. The van der Waals surface area contributed by atoms with Gasteiger partial charge in [-0.05, 0) is 135 Å². The molecule has 0 aliphatic carbocycles. The summed E-state index contributed by atoms with van der Waals surface area (Å²) in [5.74, 6) is -0.652. The van der Waals surface area contributed by atoms with E-state index in [9.17, 15) is 49.6 Å². The van der Waals surface area contributed by atoms with Gasteiger partial charge in [-0.1, -0.05) is 83.3 Å². The van der Waals surface area contributed by atoms with Gasteiger partial charge >= 0.3 is 23.3 Å². The number of phenols is 3. The van der Waals surface area contributed by atoms with E-state index in [2.05, 4.69) is 102 Å². The topological polar surface area (TPSA) is 326 Å². The number of carbonyl (C=O) groups excluding carboxylic acids is 3. The number of esters is 1. The predicted molar refractivity (Wildman–Crippen MR) is 326 cm³/mol. The van der Waals surface area contributed by atoms with Gasteiger partial charge in [-0.25, -0.2) is 9.59 Å². The van der Waals surface area contributed by atoms with Gasteiger partial charge in [0.05, 0.1) is 52.1 Å². The number of nitrogens with zero attached hydrogens (tertiary/aromatic N) is 3. The molecule has 0 radical (unpaired) electrons. The summed E-state index contributed by atoms with van der Waals surface area (Å²) in [5, 5.41) is 62.5. The van der Waals surface area contributed by atoms with Crippen LogP contribution in [0.15, 0.2) is 84.9 Å². The second kappa shape index (κ2) is 34.1. The maximum absolute atomic E-state index is 11.1. The number of nitrogens with two attached hydrogens (primary N) is 1. The third-order valence-corrected chi connectivity index (χ3v) is 12.3. The van der Waals surface area contributed by atoms with Crippen LogP contribution in [-0.4, -0.2) is 111 Å². The second-order valence-electron chi connectivity index (χ2n) is 17.7. The molecule has 25 heteroatoms. The minimum atomic E-state index is -1.44. The van der Waals surface area contributed by atoms with Crippen LogP contribution < -0.4 is 35.5 Å². The molecule has 0 fully saturated rings. The van der Waals surface area contributed by atoms with Crippen molar-refractivity contribution in [1.82, 2.24) is 0 Å². The molecular weight excluding hydrogens is 1220 g/mol. The molecule has 0 aromatic heterocycles. The fourth-order valence-corrected chi connectivity index (χ4v) is 7.45. The third kappa shape index (κ3) is 20.1. The lowest BCUT2D eigenvalue weighted by Crippen LogP contribution is -2.29. The Labute approximate surface area is 498 Å². The van der Waals surface area contributed by atoms with Gasteiger partial charge in [0, 0.05) is 19.7 Å². The highest BCUT2D eigenvalue weighted by molar-refractivity contribution is 14.1. The SMILES string of the molecule is CI.COC(=O)c1cccc([N+](=O)[O-])c1O.Cc1ccc(C)c(O)c1N.Cc1ccc(C)c2c1NC(=O)CO2.Cc1ccc(C)c2c1NCCO2.Cc1ccc(C)c2c1OCCN2C.O=C(Cl)CCl.O=C(O)c1cccc(O)c1[N+](=O)[O-]. The van der Waals surface area contributed by atoms with Gasteiger partial charge in [0.1, 0.15) is 47.3 Å². The average molecular weight is 1290 g/mol. The van der Waals surface area contributed by atoms with Crippen LogP contribution in [0.4, 0.5) is 34.1 Å². The smallest absolute Gasteiger partial charge is 0.342 e. The van der Waals surface area contributed by atoms with Gasteiger partial charge in [0.25, 0.3) is 5.91 Å². The fraction of sp³-hybridized carbons (Fsp3) is 0.298. The van der Waals surface area contributed by atoms with E-state index in [1.807, 2.05) is 56.9 Å². The lowest BCUT2D eigenvalue weighted by atomic mass is 10.1. The molecule has 22 nitrogen and oxygen atoms in total. The number of para-hydroxylation sites is 2. The summed E-state index contributed by atoms with van der Waals surface area (Å²) in [5.41, 5.74) is 16.0. The van der Waals surface area contributed by atoms with Gasteiger partial charge < -0.3 is 60.6 Å². The summed E-state index contributed by atoms with van der Waals surface area (Å²) < 4.78 is 20.9. The maximum Gasteiger partial charge on any atom is 0.342 e. The summed E-state index contributed by atoms with van der Waals surface area (Å²) in [6.45, 7) is 19.6. The van der Waals surface area contributed by atoms with E-state index in [4.69, 9.17) is 53.4 Å². The summed E-state index contributed by atoms with van der Waals surface area (Å²) >= 11 is 11.7. The van der Waals surface area contributed by atoms with E-state index in [0.29, 0.717) is 5.69 Å². The predicted octanol–water partition coefficient (Wildman–Crippen LogP) is 11.6. The molecule has 3 aliphatic heterocycles. The van der Waals surface area contributed by atoms with Crippen molar-refractivity contribution in [2.24, 2.45) is 0 Å². The van der Waals surface area contributed by atoms with Crippen LogP contribution in [-0.2, 0) is 14.3 Å². The number of methoxy groups -OCH3 is 1. The molecule has 9 rings (SSSR count). The van der Waals surface area contributed by atoms with Crippen LogP contribution in [0, 0.1) is 75.6 Å². The molecule has 82 heavy (non-hydrogen) atoms. The Kier molecular flexibility index (Phi) is 29.0. The van der Waals surface area contributed by atoms with Crippen molar-refractivity contribution >= 4 is 103 Å². The zero-order valence-electron chi connectivity index (χ0n) is 47.1. The summed E-state index contributed by atoms with van der Waals surface area (Å²) in [4.78, 5) is 65.2. The van der Waals surface area contributed by atoms with Gasteiger partial charge in [-0.2, -0.15) is 0 Å². The summed E-state index contributed by atoms with van der Waals surface area (Å²) in [6.07, 6.45) is 0. The van der Waals surface area contributed by atoms with E-state index >= 15 is 0 Å². The lowest BCUT2D eigenvalue weighted by Gasteiger charge is -2.30. The standard InChI is InChI=1S/C11H15NO.C10H11NO2.C10H13NO.C8H7NO5.C8H11NO.C7H5NO5.C2H2Cl2O.CH3I/c1-8-4-5-9(2)11-10(8)12(3)6-7-13-11;1-6-3-4-7(2)10-9(6)11-8(12)5-13-10;1-7-3-4-8(2)10-9(7)11-5-6-12-10;1-14-8(11)5-3-2-4-6(7(5)10)9(12)13;1-5-3-4-6(2)8(10)7(5)9;9-5-3-1-2-4(7(10)11)6(5)8(12)13;3-1-2(4)5;1-2/h4-5H,6-7H2,1-3H3;3-4H,5H2,1-2H3,(H,11,12);3-4,11H,5-6H2,1-2H3;2-4,10H,1H3;3-4,10H,9H2,1-2H3;1-3,9H,(H,10,11);1H2;1H3. The molecule has 0 unspecified atom stereocenters. The Morgan fingerprint density at radius 3 is 1.68 bits per heavy atom. The number of aromatic hydroxyl groups is 3. The Balaban J connectivity index is 0.000000329. The molecule has 1 amide bonds. The first-order valence-corrected chi connectivity index (χ1v) is 27.6. The van der Waals surface area contributed by atoms with E-state index in [1.54, 1.807) is 0 Å². The molecule has 6 aromatic rings. The van der Waals surface area contributed by atoms with E-state index < -0.39 is 55.5 Å². The number of amides is 1. The molecule has 0 saturated carbocycles. The van der Waals surface area contributed by atoms with Crippen LogP contribution in [0.25, 0.3) is 0 Å². The van der Waals surface area contributed by atoms with Crippen LogP contribution in [0.2, 0.25) is 0 Å². The van der Waals surface area contributed by atoms with Crippen molar-refractivity contribution in [2.75, 3.05) is 79.1 Å². The zero-order valence-corrected chi connectivity index (χ0v) is 50.7. The minimum absolute atomic E-state index is 0.0822. The zero-order chi connectivity index (χ0) is 62.1.